The molecule has 0 saturated carbocycles. The van der Waals surface area contributed by atoms with Gasteiger partial charge in [0.15, 0.2) is 0 Å². The number of rotatable bonds is 6. The number of carboxylic acid groups (broad SMARTS) is 1. The van der Waals surface area contributed by atoms with Crippen LogP contribution in [0.1, 0.15) is 24.4 Å². The number of hydrogen-bond donors (Lipinski definition) is 1. The van der Waals surface area contributed by atoms with Gasteiger partial charge < -0.3 is 20.0 Å². The van der Waals surface area contributed by atoms with E-state index in [9.17, 15) is 18.7 Å². The molecule has 0 aromatic heterocycles. The lowest BCUT2D eigenvalue weighted by molar-refractivity contribution is -0.251. The zero-order valence-electron chi connectivity index (χ0n) is 9.81. The number of alkyl halides is 2. The Morgan fingerprint density at radius 1 is 1.42 bits per heavy atom. The lowest BCUT2D eigenvalue weighted by Crippen LogP contribution is -2.39. The predicted molar refractivity (Wildman–Crippen MR) is 59.2 cm³/mol. The van der Waals surface area contributed by atoms with E-state index in [1.807, 2.05) is 6.07 Å². The molecule has 0 spiro atoms. The first kappa shape index (κ1) is 14.7. The maximum absolute atomic E-state index is 12.0. The fraction of sp³-hybridized carbons (Fsp3) is 0.333. The van der Waals surface area contributed by atoms with Crippen LogP contribution in [0.4, 0.5) is 13.6 Å². The first-order chi connectivity index (χ1) is 9.02. The summed E-state index contributed by atoms with van der Waals surface area (Å²) in [6.45, 7) is -2.92. The standard InChI is InChI=1S/C12H12F2N2O3/c13-11(14)19-9-5-3-8(4-6-9)10(2-1-7-15)16-12(17)18/h3-6,10-11,16H,1-2H2,(H,17,18)/p-1. The number of nitrogens with one attached hydrogen (secondary N) is 1. The number of halogens is 2. The van der Waals surface area contributed by atoms with Crippen molar-refractivity contribution in [2.24, 2.45) is 0 Å². The maximum Gasteiger partial charge on any atom is 0.387 e. The quantitative estimate of drug-likeness (QED) is 0.849. The Hall–Kier alpha value is -2.36. The molecule has 1 N–H and O–H groups in total. The van der Waals surface area contributed by atoms with Gasteiger partial charge in [-0.2, -0.15) is 14.0 Å². The summed E-state index contributed by atoms with van der Waals surface area (Å²) in [5.74, 6) is -0.0220. The van der Waals surface area contributed by atoms with Crippen molar-refractivity contribution in [3.05, 3.63) is 29.8 Å². The van der Waals surface area contributed by atoms with Crippen molar-refractivity contribution in [3.8, 4) is 11.8 Å². The summed E-state index contributed by atoms with van der Waals surface area (Å²) in [7, 11) is 0. The number of benzene rings is 1. The zero-order chi connectivity index (χ0) is 14.3. The van der Waals surface area contributed by atoms with Crippen LogP contribution in [-0.4, -0.2) is 12.7 Å². The van der Waals surface area contributed by atoms with Crippen LogP contribution in [0.25, 0.3) is 0 Å². The lowest BCUT2D eigenvalue weighted by Gasteiger charge is -2.19. The minimum Gasteiger partial charge on any atom is -0.530 e. The van der Waals surface area contributed by atoms with Gasteiger partial charge in [-0.05, 0) is 24.1 Å². The van der Waals surface area contributed by atoms with E-state index < -0.39 is 18.7 Å². The van der Waals surface area contributed by atoms with Gasteiger partial charge in [-0.25, -0.2) is 0 Å². The monoisotopic (exact) mass is 269 g/mol. The van der Waals surface area contributed by atoms with E-state index in [1.54, 1.807) is 0 Å². The van der Waals surface area contributed by atoms with E-state index in [1.165, 1.54) is 24.3 Å². The fourth-order valence-corrected chi connectivity index (χ4v) is 1.55. The molecule has 1 aromatic carbocycles. The van der Waals surface area contributed by atoms with Crippen molar-refractivity contribution in [1.82, 2.24) is 5.32 Å². The van der Waals surface area contributed by atoms with Crippen molar-refractivity contribution in [1.29, 1.82) is 5.26 Å². The Bertz CT molecular complexity index is 457. The smallest absolute Gasteiger partial charge is 0.387 e. The van der Waals surface area contributed by atoms with Gasteiger partial charge in [0.2, 0.25) is 0 Å². The number of carbonyl (C=O) groups is 1. The van der Waals surface area contributed by atoms with Gasteiger partial charge in [-0.3, -0.25) is 0 Å². The highest BCUT2D eigenvalue weighted by molar-refractivity contribution is 5.62. The molecule has 1 amide bonds. The van der Waals surface area contributed by atoms with Crippen molar-refractivity contribution < 1.29 is 23.4 Å². The molecule has 1 aromatic rings. The van der Waals surface area contributed by atoms with Crippen LogP contribution in [0.5, 0.6) is 5.75 Å². The highest BCUT2D eigenvalue weighted by Gasteiger charge is 2.11. The Labute approximate surface area is 108 Å². The Kier molecular flexibility index (Phi) is 5.54. The molecule has 0 aliphatic heterocycles. The topological polar surface area (TPSA) is 85.2 Å². The number of amides is 1. The number of nitrogens with zero attached hydrogens (tertiary/aromatic N) is 1. The molecule has 0 aliphatic carbocycles. The average molecular weight is 269 g/mol. The summed E-state index contributed by atoms with van der Waals surface area (Å²) >= 11 is 0. The SMILES string of the molecule is N#CCCC(NC(=O)[O-])c1ccc(OC(F)F)cc1. The van der Waals surface area contributed by atoms with Gasteiger partial charge in [0.25, 0.3) is 0 Å². The van der Waals surface area contributed by atoms with Crippen molar-refractivity contribution in [2.45, 2.75) is 25.5 Å². The highest BCUT2D eigenvalue weighted by Crippen LogP contribution is 2.22. The lowest BCUT2D eigenvalue weighted by atomic mass is 10.0. The van der Waals surface area contributed by atoms with E-state index in [0.717, 1.165) is 0 Å². The molecule has 0 radical (unpaired) electrons. The minimum absolute atomic E-state index is 0.0220. The van der Waals surface area contributed by atoms with Gasteiger partial charge in [0, 0.05) is 6.42 Å². The summed E-state index contributed by atoms with van der Waals surface area (Å²) in [4.78, 5) is 10.5. The van der Waals surface area contributed by atoms with E-state index in [-0.39, 0.29) is 18.6 Å². The van der Waals surface area contributed by atoms with Crippen LogP contribution < -0.4 is 15.2 Å². The molecule has 0 bridgehead atoms. The maximum atomic E-state index is 12.0. The van der Waals surface area contributed by atoms with Gasteiger partial charge >= 0.3 is 6.61 Å². The molecule has 1 unspecified atom stereocenters. The first-order valence-corrected chi connectivity index (χ1v) is 5.42. The molecule has 1 atom stereocenters. The third-order valence-corrected chi connectivity index (χ3v) is 2.34. The summed E-state index contributed by atoms with van der Waals surface area (Å²) < 4.78 is 28.1. The van der Waals surface area contributed by atoms with Crippen LogP contribution in [0.15, 0.2) is 24.3 Å². The summed E-state index contributed by atoms with van der Waals surface area (Å²) in [5, 5.41) is 21.2. The van der Waals surface area contributed by atoms with Gasteiger partial charge in [-0.15, -0.1) is 0 Å². The second-order valence-electron chi connectivity index (χ2n) is 3.63. The summed E-state index contributed by atoms with van der Waals surface area (Å²) in [5.41, 5.74) is 0.543. The van der Waals surface area contributed by atoms with Crippen molar-refractivity contribution in [3.63, 3.8) is 0 Å². The second kappa shape index (κ2) is 7.16. The molecule has 0 heterocycles. The summed E-state index contributed by atoms with van der Waals surface area (Å²) in [6.07, 6.45) is -1.05. The molecule has 0 fully saturated rings. The van der Waals surface area contributed by atoms with Crippen LogP contribution in [-0.2, 0) is 0 Å². The predicted octanol–water partition coefficient (Wildman–Crippen LogP) is 1.57. The average Bonchev–Trinajstić information content (AvgIpc) is 2.34. The van der Waals surface area contributed by atoms with Gasteiger partial charge in [-0.1, -0.05) is 12.1 Å². The fourth-order valence-electron chi connectivity index (χ4n) is 1.55. The highest BCUT2D eigenvalue weighted by atomic mass is 19.3. The Morgan fingerprint density at radius 2 is 2.05 bits per heavy atom. The second-order valence-corrected chi connectivity index (χ2v) is 3.63. The van der Waals surface area contributed by atoms with Crippen LogP contribution in [0, 0.1) is 11.3 Å². The molecule has 0 aliphatic rings. The largest absolute Gasteiger partial charge is 0.530 e. The Morgan fingerprint density at radius 3 is 2.53 bits per heavy atom. The molecule has 102 valence electrons. The molecule has 5 nitrogen and oxygen atoms in total. The van der Waals surface area contributed by atoms with Crippen molar-refractivity contribution in [2.75, 3.05) is 0 Å². The third kappa shape index (κ3) is 5.21. The van der Waals surface area contributed by atoms with Crippen LogP contribution >= 0.6 is 0 Å². The number of ether oxygens (including phenoxy) is 1. The van der Waals surface area contributed by atoms with E-state index in [0.29, 0.717) is 5.56 Å². The minimum atomic E-state index is -2.92. The zero-order valence-corrected chi connectivity index (χ0v) is 9.81. The molecule has 1 rings (SSSR count). The first-order valence-electron chi connectivity index (χ1n) is 5.42. The van der Waals surface area contributed by atoms with Crippen LogP contribution in [0.3, 0.4) is 0 Å². The summed E-state index contributed by atoms with van der Waals surface area (Å²) in [6, 6.07) is 6.80. The van der Waals surface area contributed by atoms with E-state index >= 15 is 0 Å². The van der Waals surface area contributed by atoms with E-state index in [2.05, 4.69) is 10.1 Å². The van der Waals surface area contributed by atoms with Gasteiger partial charge in [0.05, 0.1) is 12.1 Å². The molecule has 7 heteroatoms. The molecular weight excluding hydrogens is 258 g/mol. The van der Waals surface area contributed by atoms with Crippen LogP contribution in [0.2, 0.25) is 0 Å². The number of hydrogen-bond acceptors (Lipinski definition) is 4. The number of nitriles is 1. The van der Waals surface area contributed by atoms with Crippen molar-refractivity contribution >= 4 is 6.09 Å². The van der Waals surface area contributed by atoms with Gasteiger partial charge in [0.1, 0.15) is 11.8 Å². The number of carbonyl (C=O) groups excluding carboxylic acids is 1. The molecule has 0 saturated heterocycles. The Balaban J connectivity index is 2.78. The molecular formula is C12H11F2N2O3-. The molecule has 19 heavy (non-hydrogen) atoms. The van der Waals surface area contributed by atoms with E-state index in [4.69, 9.17) is 5.26 Å². The normalized spacial score (nSPS) is 11.7. The third-order valence-electron chi connectivity index (χ3n) is 2.34.